The van der Waals surface area contributed by atoms with Crippen molar-refractivity contribution in [1.29, 1.82) is 0 Å². The quantitative estimate of drug-likeness (QED) is 0.752. The van der Waals surface area contributed by atoms with E-state index in [1.807, 2.05) is 0 Å². The summed E-state index contributed by atoms with van der Waals surface area (Å²) in [6.07, 6.45) is -0.249. The molecule has 0 heterocycles. The molecule has 0 fully saturated rings. The molecule has 0 saturated carbocycles. The van der Waals surface area contributed by atoms with Crippen LogP contribution in [0, 0.1) is 11.7 Å². The zero-order valence-corrected chi connectivity index (χ0v) is 12.7. The van der Waals surface area contributed by atoms with Gasteiger partial charge in [-0.05, 0) is 40.0 Å². The monoisotopic (exact) mass is 360 g/mol. The summed E-state index contributed by atoms with van der Waals surface area (Å²) in [5.74, 6) is -2.54. The predicted molar refractivity (Wildman–Crippen MR) is 77.3 cm³/mol. The number of carboxylic acids is 1. The van der Waals surface area contributed by atoms with Gasteiger partial charge in [-0.15, -0.1) is 0 Å². The van der Waals surface area contributed by atoms with Crippen LogP contribution in [0.15, 0.2) is 22.7 Å². The van der Waals surface area contributed by atoms with E-state index in [1.54, 1.807) is 6.92 Å². The molecule has 0 aliphatic carbocycles. The van der Waals surface area contributed by atoms with Crippen molar-refractivity contribution in [3.05, 3.63) is 28.5 Å². The zero-order valence-electron chi connectivity index (χ0n) is 11.2. The van der Waals surface area contributed by atoms with Gasteiger partial charge in [-0.25, -0.2) is 9.18 Å². The number of carbonyl (C=O) groups is 3. The van der Waals surface area contributed by atoms with Crippen LogP contribution >= 0.6 is 15.9 Å². The number of anilines is 1. The highest BCUT2D eigenvalue weighted by Crippen LogP contribution is 2.19. The number of carbonyl (C=O) groups excluding carboxylic acids is 2. The average molecular weight is 361 g/mol. The van der Waals surface area contributed by atoms with Gasteiger partial charge in [0.2, 0.25) is 5.91 Å². The smallest absolute Gasteiger partial charge is 0.325 e. The number of hydrogen-bond acceptors (Lipinski definition) is 3. The third kappa shape index (κ3) is 6.35. The van der Waals surface area contributed by atoms with Gasteiger partial charge in [-0.1, -0.05) is 6.92 Å². The maximum Gasteiger partial charge on any atom is 0.325 e. The second-order valence-corrected chi connectivity index (χ2v) is 5.39. The molecule has 0 saturated heterocycles. The summed E-state index contributed by atoms with van der Waals surface area (Å²) in [6.45, 7) is 1.59. The first-order valence-corrected chi connectivity index (χ1v) is 6.85. The fourth-order valence-electron chi connectivity index (χ4n) is 1.60. The molecule has 0 aliphatic heterocycles. The number of hydrogen-bond donors (Lipinski definition) is 3. The molecule has 114 valence electrons. The number of urea groups is 1. The third-order valence-electron chi connectivity index (χ3n) is 2.49. The normalized spacial score (nSPS) is 11.6. The van der Waals surface area contributed by atoms with E-state index < -0.39 is 23.7 Å². The zero-order chi connectivity index (χ0) is 16.0. The number of amides is 3. The van der Waals surface area contributed by atoms with Crippen molar-refractivity contribution in [1.82, 2.24) is 5.32 Å². The van der Waals surface area contributed by atoms with E-state index in [9.17, 15) is 18.8 Å². The molecule has 8 heteroatoms. The fraction of sp³-hybridized carbons (Fsp3) is 0.308. The highest BCUT2D eigenvalue weighted by molar-refractivity contribution is 9.10. The Hall–Kier alpha value is -1.96. The Labute approximate surface area is 128 Å². The first-order valence-electron chi connectivity index (χ1n) is 6.05. The van der Waals surface area contributed by atoms with Crippen LogP contribution in [0.1, 0.15) is 19.8 Å². The van der Waals surface area contributed by atoms with Crippen LogP contribution in [0.4, 0.5) is 14.9 Å². The van der Waals surface area contributed by atoms with E-state index in [4.69, 9.17) is 5.11 Å². The van der Waals surface area contributed by atoms with Gasteiger partial charge in [-0.2, -0.15) is 0 Å². The summed E-state index contributed by atoms with van der Waals surface area (Å²) in [6, 6.07) is 3.18. The van der Waals surface area contributed by atoms with Crippen molar-refractivity contribution in [3.8, 4) is 0 Å². The molecule has 1 unspecified atom stereocenters. The third-order valence-corrected chi connectivity index (χ3v) is 3.13. The molecule has 0 aromatic heterocycles. The van der Waals surface area contributed by atoms with Crippen LogP contribution in [0.3, 0.4) is 0 Å². The van der Waals surface area contributed by atoms with Crippen LogP contribution in [0.5, 0.6) is 0 Å². The lowest BCUT2D eigenvalue weighted by Gasteiger charge is -2.10. The van der Waals surface area contributed by atoms with E-state index in [-0.39, 0.29) is 28.9 Å². The van der Waals surface area contributed by atoms with Gasteiger partial charge >= 0.3 is 12.0 Å². The van der Waals surface area contributed by atoms with Crippen molar-refractivity contribution in [2.45, 2.75) is 19.8 Å². The highest BCUT2D eigenvalue weighted by atomic mass is 79.9. The van der Waals surface area contributed by atoms with Crippen molar-refractivity contribution >= 4 is 39.5 Å². The average Bonchev–Trinajstić information content (AvgIpc) is 2.32. The summed E-state index contributed by atoms with van der Waals surface area (Å²) in [7, 11) is 0. The molecule has 0 bridgehead atoms. The van der Waals surface area contributed by atoms with Crippen molar-refractivity contribution in [2.75, 3.05) is 5.32 Å². The minimum absolute atomic E-state index is 0.0889. The Kier molecular flexibility index (Phi) is 6.29. The molecule has 0 radical (unpaired) electrons. The largest absolute Gasteiger partial charge is 0.481 e. The minimum atomic E-state index is -1.01. The SMILES string of the molecule is CC(CC(=O)O)CC(=O)NC(=O)Nc1ccc(Br)c(F)c1. The Bertz CT molecular complexity index is 565. The van der Waals surface area contributed by atoms with E-state index in [0.717, 1.165) is 6.07 Å². The summed E-state index contributed by atoms with van der Waals surface area (Å²) in [5.41, 5.74) is 0.194. The Morgan fingerprint density at radius 1 is 1.33 bits per heavy atom. The number of imide groups is 1. The van der Waals surface area contributed by atoms with Gasteiger partial charge in [0.05, 0.1) is 4.47 Å². The van der Waals surface area contributed by atoms with Crippen LogP contribution in [0.2, 0.25) is 0 Å². The molecule has 0 spiro atoms. The van der Waals surface area contributed by atoms with Gasteiger partial charge < -0.3 is 10.4 Å². The van der Waals surface area contributed by atoms with Gasteiger partial charge in [0, 0.05) is 18.5 Å². The molecule has 1 atom stereocenters. The lowest BCUT2D eigenvalue weighted by Crippen LogP contribution is -2.35. The molecular formula is C13H14BrFN2O4. The molecule has 0 aliphatic rings. The van der Waals surface area contributed by atoms with E-state index >= 15 is 0 Å². The van der Waals surface area contributed by atoms with Gasteiger partial charge in [-0.3, -0.25) is 14.9 Å². The Morgan fingerprint density at radius 3 is 2.57 bits per heavy atom. The molecule has 1 rings (SSSR count). The van der Waals surface area contributed by atoms with E-state index in [0.29, 0.717) is 0 Å². The van der Waals surface area contributed by atoms with Crippen molar-refractivity contribution in [3.63, 3.8) is 0 Å². The second kappa shape index (κ2) is 7.72. The number of aliphatic carboxylic acids is 1. The minimum Gasteiger partial charge on any atom is -0.481 e. The number of nitrogens with one attached hydrogen (secondary N) is 2. The van der Waals surface area contributed by atoms with Crippen LogP contribution in [-0.4, -0.2) is 23.0 Å². The summed E-state index contributed by atoms with van der Waals surface area (Å²) in [5, 5.41) is 12.9. The lowest BCUT2D eigenvalue weighted by molar-refractivity contribution is -0.138. The Balaban J connectivity index is 2.47. The first-order chi connectivity index (χ1) is 9.77. The first kappa shape index (κ1) is 17.1. The van der Waals surface area contributed by atoms with Crippen LogP contribution in [0.25, 0.3) is 0 Å². The van der Waals surface area contributed by atoms with Gasteiger partial charge in [0.1, 0.15) is 5.82 Å². The molecule has 6 nitrogen and oxygen atoms in total. The van der Waals surface area contributed by atoms with Crippen molar-refractivity contribution < 1.29 is 23.9 Å². The summed E-state index contributed by atoms with van der Waals surface area (Å²) >= 11 is 2.98. The molecule has 3 amide bonds. The number of rotatable bonds is 5. The molecule has 1 aromatic rings. The number of carboxylic acid groups (broad SMARTS) is 1. The van der Waals surface area contributed by atoms with E-state index in [1.165, 1.54) is 12.1 Å². The van der Waals surface area contributed by atoms with Gasteiger partial charge in [0.25, 0.3) is 0 Å². The topological polar surface area (TPSA) is 95.5 Å². The summed E-state index contributed by atoms with van der Waals surface area (Å²) < 4.78 is 13.5. The van der Waals surface area contributed by atoms with Crippen molar-refractivity contribution in [2.24, 2.45) is 5.92 Å². The van der Waals surface area contributed by atoms with Crippen LogP contribution in [-0.2, 0) is 9.59 Å². The lowest BCUT2D eigenvalue weighted by atomic mass is 10.0. The second-order valence-electron chi connectivity index (χ2n) is 4.54. The Morgan fingerprint density at radius 2 is 2.00 bits per heavy atom. The standard InChI is InChI=1S/C13H14BrFN2O4/c1-7(5-12(19)20)4-11(18)17-13(21)16-8-2-3-9(14)10(15)6-8/h2-3,6-7H,4-5H2,1H3,(H,19,20)(H2,16,17,18,21). The van der Waals surface area contributed by atoms with Gasteiger partial charge in [0.15, 0.2) is 0 Å². The maximum absolute atomic E-state index is 13.2. The number of benzene rings is 1. The van der Waals surface area contributed by atoms with Crippen LogP contribution < -0.4 is 10.6 Å². The molecule has 21 heavy (non-hydrogen) atoms. The molecule has 3 N–H and O–H groups in total. The van der Waals surface area contributed by atoms with E-state index in [2.05, 4.69) is 26.6 Å². The predicted octanol–water partition coefficient (Wildman–Crippen LogP) is 2.74. The fourth-order valence-corrected chi connectivity index (χ4v) is 1.85. The number of halogens is 2. The molecule has 1 aromatic carbocycles. The maximum atomic E-state index is 13.2. The molecular weight excluding hydrogens is 347 g/mol. The summed E-state index contributed by atoms with van der Waals surface area (Å²) in [4.78, 5) is 33.5. The highest BCUT2D eigenvalue weighted by Gasteiger charge is 2.15.